The van der Waals surface area contributed by atoms with E-state index < -0.39 is 45.6 Å². The Hall–Kier alpha value is -3.68. The molecule has 0 spiro atoms. The van der Waals surface area contributed by atoms with Crippen LogP contribution in [-0.4, -0.2) is 10.8 Å². The number of halogens is 3. The third kappa shape index (κ3) is 4.01. The molecule has 0 aromatic heterocycles. The quantitative estimate of drug-likeness (QED) is 0.517. The Bertz CT molecular complexity index is 1020. The zero-order valence-corrected chi connectivity index (χ0v) is 14.2. The van der Waals surface area contributed by atoms with Crippen LogP contribution in [0, 0.1) is 27.6 Å². The number of amides is 1. The average molecular weight is 386 g/mol. The predicted octanol–water partition coefficient (Wildman–Crippen LogP) is 4.53. The molecule has 1 atom stereocenters. The van der Waals surface area contributed by atoms with E-state index in [2.05, 4.69) is 5.32 Å². The van der Waals surface area contributed by atoms with Crippen molar-refractivity contribution < 1.29 is 22.9 Å². The van der Waals surface area contributed by atoms with Crippen molar-refractivity contribution in [3.63, 3.8) is 0 Å². The maximum Gasteiger partial charge on any atom is 0.307 e. The Balaban J connectivity index is 1.97. The predicted molar refractivity (Wildman–Crippen MR) is 95.2 cm³/mol. The molecular weight excluding hydrogens is 373 g/mol. The van der Waals surface area contributed by atoms with Gasteiger partial charge in [0.05, 0.1) is 22.6 Å². The maximum atomic E-state index is 14.2. The highest BCUT2D eigenvalue weighted by Crippen LogP contribution is 2.25. The van der Waals surface area contributed by atoms with E-state index in [9.17, 15) is 28.1 Å². The molecule has 0 aliphatic heterocycles. The first kappa shape index (κ1) is 19.1. The van der Waals surface area contributed by atoms with Gasteiger partial charge in [-0.05, 0) is 29.3 Å². The highest BCUT2D eigenvalue weighted by molar-refractivity contribution is 5.95. The topological polar surface area (TPSA) is 72.2 Å². The fourth-order valence-corrected chi connectivity index (χ4v) is 2.72. The van der Waals surface area contributed by atoms with E-state index >= 15 is 0 Å². The smallest absolute Gasteiger partial charge is 0.307 e. The fourth-order valence-electron chi connectivity index (χ4n) is 2.72. The van der Waals surface area contributed by atoms with Crippen LogP contribution >= 0.6 is 0 Å². The molecule has 8 heteroatoms. The number of benzene rings is 3. The lowest BCUT2D eigenvalue weighted by molar-refractivity contribution is -0.387. The Morgan fingerprint density at radius 1 is 0.893 bits per heavy atom. The molecule has 0 aliphatic rings. The maximum absolute atomic E-state index is 14.2. The largest absolute Gasteiger partial charge is 0.341 e. The molecule has 28 heavy (non-hydrogen) atoms. The number of nitrogens with zero attached hydrogens (tertiary/aromatic N) is 1. The van der Waals surface area contributed by atoms with Crippen molar-refractivity contribution in [2.75, 3.05) is 0 Å². The van der Waals surface area contributed by atoms with Gasteiger partial charge in [-0.2, -0.15) is 4.39 Å². The number of hydrogen-bond donors (Lipinski definition) is 1. The van der Waals surface area contributed by atoms with Crippen molar-refractivity contribution in [2.24, 2.45) is 0 Å². The third-order valence-corrected chi connectivity index (χ3v) is 4.09. The Labute approximate surface area is 157 Å². The van der Waals surface area contributed by atoms with Crippen LogP contribution < -0.4 is 5.32 Å². The summed E-state index contributed by atoms with van der Waals surface area (Å²) in [6, 6.07) is 14.0. The molecule has 0 saturated carbocycles. The summed E-state index contributed by atoms with van der Waals surface area (Å²) >= 11 is 0. The number of nitrogens with one attached hydrogen (secondary N) is 1. The lowest BCUT2D eigenvalue weighted by atomic mass is 9.98. The summed E-state index contributed by atoms with van der Waals surface area (Å²) in [6.45, 7) is 0. The van der Waals surface area contributed by atoms with Crippen LogP contribution in [0.4, 0.5) is 18.9 Å². The molecule has 0 fully saturated rings. The van der Waals surface area contributed by atoms with E-state index in [0.717, 1.165) is 0 Å². The van der Waals surface area contributed by atoms with E-state index in [4.69, 9.17) is 0 Å². The van der Waals surface area contributed by atoms with Gasteiger partial charge in [-0.3, -0.25) is 14.9 Å². The van der Waals surface area contributed by atoms with Crippen LogP contribution in [0.3, 0.4) is 0 Å². The molecule has 3 aromatic rings. The number of rotatable bonds is 5. The van der Waals surface area contributed by atoms with Crippen LogP contribution in [0.2, 0.25) is 0 Å². The van der Waals surface area contributed by atoms with E-state index in [1.165, 1.54) is 24.3 Å². The van der Waals surface area contributed by atoms with Gasteiger partial charge in [0.15, 0.2) is 0 Å². The Morgan fingerprint density at radius 3 is 2.11 bits per heavy atom. The summed E-state index contributed by atoms with van der Waals surface area (Å²) in [6.07, 6.45) is 0. The lowest BCUT2D eigenvalue weighted by Crippen LogP contribution is -2.30. The van der Waals surface area contributed by atoms with Gasteiger partial charge in [0.25, 0.3) is 5.91 Å². The minimum absolute atomic E-state index is 0.361. The monoisotopic (exact) mass is 386 g/mol. The van der Waals surface area contributed by atoms with Crippen molar-refractivity contribution in [1.29, 1.82) is 0 Å². The fraction of sp³-hybridized carbons (Fsp3) is 0.0500. The van der Waals surface area contributed by atoms with Gasteiger partial charge >= 0.3 is 5.69 Å². The second kappa shape index (κ2) is 7.91. The van der Waals surface area contributed by atoms with Gasteiger partial charge in [-0.25, -0.2) is 8.78 Å². The molecule has 3 aromatic carbocycles. The van der Waals surface area contributed by atoms with E-state index in [1.54, 1.807) is 30.3 Å². The van der Waals surface area contributed by atoms with Gasteiger partial charge in [-0.1, -0.05) is 42.5 Å². The van der Waals surface area contributed by atoms with E-state index in [1.807, 2.05) is 0 Å². The molecule has 1 N–H and O–H groups in total. The van der Waals surface area contributed by atoms with Crippen molar-refractivity contribution in [3.05, 3.63) is 111 Å². The molecule has 3 rings (SSSR count). The first-order valence-corrected chi connectivity index (χ1v) is 8.11. The molecule has 5 nitrogen and oxygen atoms in total. The molecule has 0 bridgehead atoms. The standard InChI is InChI=1S/C20H13F3N2O3/c21-14-8-6-13(7-9-14)19(12-4-2-1-3-5-12)24-20(26)15-10-17(23)18(25(27)28)11-16(15)22/h1-11,19H,(H,24,26). The second-order valence-electron chi connectivity index (χ2n) is 5.91. The van der Waals surface area contributed by atoms with Crippen LogP contribution in [0.25, 0.3) is 0 Å². The number of nitro groups is 1. The summed E-state index contributed by atoms with van der Waals surface area (Å²) in [4.78, 5) is 22.2. The van der Waals surface area contributed by atoms with Crippen LogP contribution in [-0.2, 0) is 0 Å². The van der Waals surface area contributed by atoms with Crippen LogP contribution in [0.5, 0.6) is 0 Å². The average Bonchev–Trinajstić information content (AvgIpc) is 2.68. The van der Waals surface area contributed by atoms with Crippen molar-refractivity contribution >= 4 is 11.6 Å². The van der Waals surface area contributed by atoms with E-state index in [0.29, 0.717) is 23.3 Å². The minimum Gasteiger partial charge on any atom is -0.341 e. The summed E-state index contributed by atoms with van der Waals surface area (Å²) in [5.41, 5.74) is -0.590. The molecular formula is C20H13F3N2O3. The number of nitro benzene ring substituents is 1. The lowest BCUT2D eigenvalue weighted by Gasteiger charge is -2.20. The Morgan fingerprint density at radius 2 is 1.50 bits per heavy atom. The molecule has 0 radical (unpaired) electrons. The van der Waals surface area contributed by atoms with Crippen LogP contribution in [0.15, 0.2) is 66.7 Å². The second-order valence-corrected chi connectivity index (χ2v) is 5.91. The molecule has 1 amide bonds. The zero-order chi connectivity index (χ0) is 20.3. The van der Waals surface area contributed by atoms with Crippen LogP contribution in [0.1, 0.15) is 27.5 Å². The highest BCUT2D eigenvalue weighted by atomic mass is 19.1. The minimum atomic E-state index is -1.32. The Kier molecular flexibility index (Phi) is 5.39. The summed E-state index contributed by atoms with van der Waals surface area (Å²) in [5.74, 6) is -3.99. The van der Waals surface area contributed by atoms with Crippen molar-refractivity contribution in [2.45, 2.75) is 6.04 Å². The number of carbonyl (C=O) groups is 1. The van der Waals surface area contributed by atoms with Crippen molar-refractivity contribution in [1.82, 2.24) is 5.32 Å². The summed E-state index contributed by atoms with van der Waals surface area (Å²) < 4.78 is 41.3. The SMILES string of the molecule is O=C(NC(c1ccccc1)c1ccc(F)cc1)c1cc(F)c([N+](=O)[O-])cc1F. The summed E-state index contributed by atoms with van der Waals surface area (Å²) in [5, 5.41) is 13.3. The van der Waals surface area contributed by atoms with Gasteiger partial charge < -0.3 is 5.32 Å². The van der Waals surface area contributed by atoms with E-state index in [-0.39, 0.29) is 0 Å². The highest BCUT2D eigenvalue weighted by Gasteiger charge is 2.24. The third-order valence-electron chi connectivity index (χ3n) is 4.09. The van der Waals surface area contributed by atoms with Gasteiger partial charge in [0, 0.05) is 0 Å². The first-order valence-electron chi connectivity index (χ1n) is 8.11. The summed E-state index contributed by atoms with van der Waals surface area (Å²) in [7, 11) is 0. The molecule has 1 unspecified atom stereocenters. The first-order chi connectivity index (χ1) is 13.4. The molecule has 0 aliphatic carbocycles. The number of carbonyl (C=O) groups excluding carboxylic acids is 1. The molecule has 0 heterocycles. The van der Waals surface area contributed by atoms with Gasteiger partial charge in [0.2, 0.25) is 5.82 Å². The molecule has 0 saturated heterocycles. The number of hydrogen-bond acceptors (Lipinski definition) is 3. The normalized spacial score (nSPS) is 11.7. The molecule has 142 valence electrons. The van der Waals surface area contributed by atoms with Gasteiger partial charge in [0.1, 0.15) is 11.6 Å². The zero-order valence-electron chi connectivity index (χ0n) is 14.2. The van der Waals surface area contributed by atoms with Crippen molar-refractivity contribution in [3.8, 4) is 0 Å². The van der Waals surface area contributed by atoms with Gasteiger partial charge in [-0.15, -0.1) is 0 Å².